The number of rotatable bonds is 8. The molecule has 0 amide bonds. The van der Waals surface area contributed by atoms with Gasteiger partial charge in [-0.15, -0.1) is 0 Å². The molecule has 0 saturated carbocycles. The van der Waals surface area contributed by atoms with E-state index < -0.39 is 27.7 Å². The summed E-state index contributed by atoms with van der Waals surface area (Å²) in [5.74, 6) is -2.63. The summed E-state index contributed by atoms with van der Waals surface area (Å²) in [6.45, 7) is 3.49. The Bertz CT molecular complexity index is 630. The number of hydrogen-bond donors (Lipinski definition) is 0. The average Bonchev–Trinajstić information content (AvgIpc) is 2.52. The van der Waals surface area contributed by atoms with E-state index in [4.69, 9.17) is 9.47 Å². The minimum Gasteiger partial charge on any atom is -0.465 e. The molecule has 126 valence electrons. The molecule has 0 aromatic heterocycles. The topological polar surface area (TPSA) is 86.7 Å². The number of ether oxygens (including phenoxy) is 2. The van der Waals surface area contributed by atoms with Crippen molar-refractivity contribution < 1.29 is 27.5 Å². The van der Waals surface area contributed by atoms with Gasteiger partial charge in [-0.25, -0.2) is 8.42 Å². The molecule has 0 spiro atoms. The molecule has 0 N–H and O–H groups in total. The van der Waals surface area contributed by atoms with Crippen molar-refractivity contribution in [3.8, 4) is 0 Å². The van der Waals surface area contributed by atoms with E-state index >= 15 is 0 Å². The van der Waals surface area contributed by atoms with E-state index in [-0.39, 0.29) is 24.5 Å². The monoisotopic (exact) mass is 340 g/mol. The molecule has 6 nitrogen and oxygen atoms in total. The molecule has 0 heterocycles. The maximum Gasteiger partial charge on any atom is 0.320 e. The summed E-state index contributed by atoms with van der Waals surface area (Å²) in [6, 6.07) is 7.86. The minimum absolute atomic E-state index is 0.107. The molecule has 1 rings (SSSR count). The third kappa shape index (κ3) is 5.86. The van der Waals surface area contributed by atoms with Crippen LogP contribution in [-0.2, 0) is 28.9 Å². The van der Waals surface area contributed by atoms with E-state index in [2.05, 4.69) is 0 Å². The smallest absolute Gasteiger partial charge is 0.320 e. The molecule has 1 aromatic rings. The van der Waals surface area contributed by atoms with Gasteiger partial charge in [0.05, 0.1) is 18.1 Å². The first-order chi connectivity index (χ1) is 10.9. The zero-order valence-corrected chi connectivity index (χ0v) is 13.9. The summed E-state index contributed by atoms with van der Waals surface area (Å²) >= 11 is 0. The van der Waals surface area contributed by atoms with Crippen molar-refractivity contribution in [3.63, 3.8) is 0 Å². The van der Waals surface area contributed by atoms with E-state index in [0.717, 1.165) is 5.41 Å². The lowest BCUT2D eigenvalue weighted by molar-refractivity contribution is -0.161. The van der Waals surface area contributed by atoms with Crippen LogP contribution >= 0.6 is 0 Å². The SMILES string of the molecule is CCOC(=O)C(C/C=C/S(=O)(=O)c1ccccc1)C(=O)OCC. The van der Waals surface area contributed by atoms with Gasteiger partial charge in [-0.3, -0.25) is 9.59 Å². The van der Waals surface area contributed by atoms with Crippen molar-refractivity contribution >= 4 is 21.8 Å². The van der Waals surface area contributed by atoms with Gasteiger partial charge in [-0.05, 0) is 32.4 Å². The Morgan fingerprint density at radius 1 is 1.04 bits per heavy atom. The maximum atomic E-state index is 12.1. The van der Waals surface area contributed by atoms with E-state index in [9.17, 15) is 18.0 Å². The summed E-state index contributed by atoms with van der Waals surface area (Å²) in [5.41, 5.74) is 0. The predicted molar refractivity (Wildman–Crippen MR) is 84.1 cm³/mol. The van der Waals surface area contributed by atoms with Gasteiger partial charge in [-0.1, -0.05) is 24.3 Å². The van der Waals surface area contributed by atoms with E-state index in [1.165, 1.54) is 18.2 Å². The van der Waals surface area contributed by atoms with Crippen molar-refractivity contribution in [2.24, 2.45) is 5.92 Å². The highest BCUT2D eigenvalue weighted by Gasteiger charge is 2.28. The largest absolute Gasteiger partial charge is 0.465 e. The zero-order valence-electron chi connectivity index (χ0n) is 13.1. The third-order valence-electron chi connectivity index (χ3n) is 2.86. The zero-order chi connectivity index (χ0) is 17.3. The van der Waals surface area contributed by atoms with Crippen LogP contribution in [0.3, 0.4) is 0 Å². The van der Waals surface area contributed by atoms with Crippen LogP contribution < -0.4 is 0 Å². The highest BCUT2D eigenvalue weighted by Crippen LogP contribution is 2.14. The van der Waals surface area contributed by atoms with E-state index in [0.29, 0.717) is 0 Å². The van der Waals surface area contributed by atoms with Crippen LogP contribution in [0.2, 0.25) is 0 Å². The van der Waals surface area contributed by atoms with Crippen LogP contribution in [0, 0.1) is 5.92 Å². The number of allylic oxidation sites excluding steroid dienone is 1. The molecule has 0 aliphatic heterocycles. The van der Waals surface area contributed by atoms with Crippen LogP contribution in [0.15, 0.2) is 46.7 Å². The summed E-state index contributed by atoms with van der Waals surface area (Å²) in [5, 5.41) is 0.980. The lowest BCUT2D eigenvalue weighted by atomic mass is 10.1. The summed E-state index contributed by atoms with van der Waals surface area (Å²) < 4.78 is 33.8. The van der Waals surface area contributed by atoms with Gasteiger partial charge in [0, 0.05) is 5.41 Å². The van der Waals surface area contributed by atoms with Crippen molar-refractivity contribution in [3.05, 3.63) is 41.8 Å². The number of carbonyl (C=O) groups is 2. The number of benzene rings is 1. The van der Waals surface area contributed by atoms with Crippen LogP contribution in [0.1, 0.15) is 20.3 Å². The van der Waals surface area contributed by atoms with Gasteiger partial charge >= 0.3 is 11.9 Å². The fourth-order valence-electron chi connectivity index (χ4n) is 1.78. The molecule has 23 heavy (non-hydrogen) atoms. The van der Waals surface area contributed by atoms with Gasteiger partial charge in [0.25, 0.3) is 0 Å². The molecular weight excluding hydrogens is 320 g/mol. The van der Waals surface area contributed by atoms with E-state index in [1.807, 2.05) is 0 Å². The number of carbonyl (C=O) groups excluding carboxylic acids is 2. The summed E-state index contributed by atoms with van der Waals surface area (Å²) in [6.07, 6.45) is 1.16. The molecule has 0 bridgehead atoms. The molecule has 0 unspecified atom stereocenters. The highest BCUT2D eigenvalue weighted by atomic mass is 32.2. The first-order valence-electron chi connectivity index (χ1n) is 7.22. The van der Waals surface area contributed by atoms with Crippen LogP contribution in [-0.4, -0.2) is 33.6 Å². The second kappa shape index (κ2) is 9.09. The Morgan fingerprint density at radius 3 is 2.04 bits per heavy atom. The second-order valence-electron chi connectivity index (χ2n) is 4.52. The van der Waals surface area contributed by atoms with E-state index in [1.54, 1.807) is 32.0 Å². The Kier molecular flexibility index (Phi) is 7.47. The molecule has 0 atom stereocenters. The lowest BCUT2D eigenvalue weighted by Crippen LogP contribution is -2.27. The molecule has 0 aliphatic carbocycles. The highest BCUT2D eigenvalue weighted by molar-refractivity contribution is 7.94. The molecular formula is C16H20O6S. The van der Waals surface area contributed by atoms with Crippen molar-refractivity contribution in [1.82, 2.24) is 0 Å². The Balaban J connectivity index is 2.84. The second-order valence-corrected chi connectivity index (χ2v) is 6.36. The van der Waals surface area contributed by atoms with Gasteiger partial charge in [0.15, 0.2) is 15.8 Å². The standard InChI is InChI=1S/C16H20O6S/c1-3-21-15(17)14(16(18)22-4-2)11-8-12-23(19,20)13-9-6-5-7-10-13/h5-10,12,14H,3-4,11H2,1-2H3/b12-8+. The summed E-state index contributed by atoms with van der Waals surface area (Å²) in [4.78, 5) is 23.7. The Hall–Kier alpha value is -2.15. The fourth-order valence-corrected chi connectivity index (χ4v) is 2.84. The lowest BCUT2D eigenvalue weighted by Gasteiger charge is -2.12. The van der Waals surface area contributed by atoms with Crippen molar-refractivity contribution in [2.75, 3.05) is 13.2 Å². The normalized spacial score (nSPS) is 11.6. The molecule has 0 aliphatic rings. The van der Waals surface area contributed by atoms with Crippen LogP contribution in [0.4, 0.5) is 0 Å². The Labute approximate surface area is 136 Å². The quantitative estimate of drug-likeness (QED) is 0.532. The molecule has 0 radical (unpaired) electrons. The third-order valence-corrected chi connectivity index (χ3v) is 4.34. The Morgan fingerprint density at radius 2 is 1.57 bits per heavy atom. The van der Waals surface area contributed by atoms with Gasteiger partial charge in [0.2, 0.25) is 0 Å². The number of sulfone groups is 1. The van der Waals surface area contributed by atoms with Crippen molar-refractivity contribution in [2.45, 2.75) is 25.2 Å². The summed E-state index contributed by atoms with van der Waals surface area (Å²) in [7, 11) is -3.62. The van der Waals surface area contributed by atoms with Gasteiger partial charge in [0.1, 0.15) is 0 Å². The molecule has 1 aromatic carbocycles. The molecule has 0 saturated heterocycles. The minimum atomic E-state index is -3.62. The maximum absolute atomic E-state index is 12.1. The number of esters is 2. The first-order valence-corrected chi connectivity index (χ1v) is 8.77. The predicted octanol–water partition coefficient (Wildman–Crippen LogP) is 2.11. The van der Waals surface area contributed by atoms with Gasteiger partial charge < -0.3 is 9.47 Å². The van der Waals surface area contributed by atoms with Gasteiger partial charge in [-0.2, -0.15) is 0 Å². The molecule has 7 heteroatoms. The molecule has 0 fully saturated rings. The van der Waals surface area contributed by atoms with Crippen LogP contribution in [0.25, 0.3) is 0 Å². The average molecular weight is 340 g/mol. The van der Waals surface area contributed by atoms with Crippen molar-refractivity contribution in [1.29, 1.82) is 0 Å². The number of hydrogen-bond acceptors (Lipinski definition) is 6. The fraction of sp³-hybridized carbons (Fsp3) is 0.375. The van der Waals surface area contributed by atoms with Crippen LogP contribution in [0.5, 0.6) is 0 Å². The first kappa shape index (κ1) is 18.9.